The summed E-state index contributed by atoms with van der Waals surface area (Å²) < 4.78 is -1.84. The van der Waals surface area contributed by atoms with E-state index in [1.165, 1.54) is 0 Å². The molecule has 0 radical (unpaired) electrons. The second-order valence-corrected chi connectivity index (χ2v) is 9.67. The molecule has 1 atom stereocenters. The maximum atomic E-state index is 13.0. The molecule has 1 unspecified atom stereocenters. The number of rotatable bonds is 4. The summed E-state index contributed by atoms with van der Waals surface area (Å²) in [6.07, 6.45) is -1.06. The smallest absolute Gasteiger partial charge is 0.253 e. The molecular formula is C22H20Cl3N3OS. The van der Waals surface area contributed by atoms with E-state index in [9.17, 15) is 4.79 Å². The topological polar surface area (TPSA) is 53.2 Å². The lowest BCUT2D eigenvalue weighted by atomic mass is 10.0. The van der Waals surface area contributed by atoms with Crippen LogP contribution in [0.2, 0.25) is 0 Å². The van der Waals surface area contributed by atoms with Crippen molar-refractivity contribution in [3.05, 3.63) is 77.4 Å². The number of anilines is 1. The van der Waals surface area contributed by atoms with E-state index in [1.807, 2.05) is 62.4 Å². The molecule has 0 aliphatic carbocycles. The quantitative estimate of drug-likeness (QED) is 0.248. The highest BCUT2D eigenvalue weighted by molar-refractivity contribution is 7.80. The molecule has 0 bridgehead atoms. The van der Waals surface area contributed by atoms with Gasteiger partial charge in [0.2, 0.25) is 3.79 Å². The maximum Gasteiger partial charge on any atom is 0.253 e. The molecule has 0 fully saturated rings. The second kappa shape index (κ2) is 9.40. The van der Waals surface area contributed by atoms with Gasteiger partial charge in [0, 0.05) is 11.3 Å². The Kier molecular flexibility index (Phi) is 7.09. The van der Waals surface area contributed by atoms with Crippen molar-refractivity contribution in [2.24, 2.45) is 0 Å². The lowest BCUT2D eigenvalue weighted by Gasteiger charge is -2.28. The fraction of sp³-hybridized carbons (Fsp3) is 0.182. The Labute approximate surface area is 195 Å². The molecule has 0 aliphatic rings. The molecule has 0 saturated heterocycles. The Balaban J connectivity index is 1.77. The number of aryl methyl sites for hydroxylation is 2. The summed E-state index contributed by atoms with van der Waals surface area (Å²) in [5, 5.41) is 10.7. The van der Waals surface area contributed by atoms with Crippen molar-refractivity contribution in [3.63, 3.8) is 0 Å². The number of nitrogens with one attached hydrogen (secondary N) is 3. The molecule has 3 aromatic carbocycles. The van der Waals surface area contributed by atoms with Gasteiger partial charge in [-0.1, -0.05) is 88.9 Å². The highest BCUT2D eigenvalue weighted by Gasteiger charge is 2.35. The molecule has 0 heterocycles. The zero-order valence-electron chi connectivity index (χ0n) is 16.3. The van der Waals surface area contributed by atoms with E-state index in [2.05, 4.69) is 16.0 Å². The van der Waals surface area contributed by atoms with Crippen LogP contribution in [0.25, 0.3) is 10.8 Å². The molecule has 8 heteroatoms. The van der Waals surface area contributed by atoms with Gasteiger partial charge in [0.25, 0.3) is 5.91 Å². The van der Waals surface area contributed by atoms with Gasteiger partial charge in [0.15, 0.2) is 5.11 Å². The monoisotopic (exact) mass is 479 g/mol. The molecule has 3 aromatic rings. The van der Waals surface area contributed by atoms with Crippen LogP contribution >= 0.6 is 47.0 Å². The largest absolute Gasteiger partial charge is 0.339 e. The number of benzene rings is 3. The molecule has 0 spiro atoms. The zero-order chi connectivity index (χ0) is 21.9. The number of hydrogen-bond donors (Lipinski definition) is 3. The summed E-state index contributed by atoms with van der Waals surface area (Å²) in [5.74, 6) is -0.384. The molecule has 3 rings (SSSR count). The fourth-order valence-electron chi connectivity index (χ4n) is 3.08. The van der Waals surface area contributed by atoms with Gasteiger partial charge < -0.3 is 16.0 Å². The van der Waals surface area contributed by atoms with Crippen molar-refractivity contribution in [2.75, 3.05) is 5.32 Å². The third-order valence-corrected chi connectivity index (χ3v) is 5.42. The minimum atomic E-state index is -1.84. The number of fused-ring (bicyclic) bond motifs is 1. The van der Waals surface area contributed by atoms with E-state index in [4.69, 9.17) is 47.0 Å². The number of thiocarbonyl (C=S) groups is 1. The zero-order valence-corrected chi connectivity index (χ0v) is 19.4. The lowest BCUT2D eigenvalue weighted by molar-refractivity contribution is 0.0936. The summed E-state index contributed by atoms with van der Waals surface area (Å²) in [7, 11) is 0. The van der Waals surface area contributed by atoms with Gasteiger partial charge in [-0.05, 0) is 54.5 Å². The molecule has 1 amide bonds. The number of amides is 1. The predicted molar refractivity (Wildman–Crippen MR) is 131 cm³/mol. The number of halogens is 3. The van der Waals surface area contributed by atoms with Crippen molar-refractivity contribution in [3.8, 4) is 0 Å². The summed E-state index contributed by atoms with van der Waals surface area (Å²) in [6.45, 7) is 3.97. The van der Waals surface area contributed by atoms with Crippen LogP contribution in [0.5, 0.6) is 0 Å². The van der Waals surface area contributed by atoms with Crippen molar-refractivity contribution < 1.29 is 4.79 Å². The standard InChI is InChI=1S/C22H20Cl3N3OS/c1-13-10-11-18(14(2)12-13)26-21(30)28-20(22(23,24)25)27-19(29)17-9-5-7-15-6-3-4-8-16(15)17/h3-12,20H,1-2H3,(H,27,29)(H2,26,28,30). The maximum absolute atomic E-state index is 13.0. The first-order valence-corrected chi connectivity index (χ1v) is 10.7. The van der Waals surface area contributed by atoms with E-state index < -0.39 is 9.96 Å². The first kappa shape index (κ1) is 22.6. The van der Waals surface area contributed by atoms with Gasteiger partial charge in [-0.25, -0.2) is 0 Å². The van der Waals surface area contributed by atoms with Crippen LogP contribution in [0.1, 0.15) is 21.5 Å². The van der Waals surface area contributed by atoms with E-state index in [0.29, 0.717) is 5.56 Å². The van der Waals surface area contributed by atoms with Crippen LogP contribution in [0.15, 0.2) is 60.7 Å². The van der Waals surface area contributed by atoms with Gasteiger partial charge in [-0.15, -0.1) is 0 Å². The van der Waals surface area contributed by atoms with Crippen LogP contribution in [0.3, 0.4) is 0 Å². The SMILES string of the molecule is Cc1ccc(NC(=S)NC(NC(=O)c2cccc3ccccc23)C(Cl)(Cl)Cl)c(C)c1. The highest BCUT2D eigenvalue weighted by Crippen LogP contribution is 2.30. The average Bonchev–Trinajstić information content (AvgIpc) is 2.68. The van der Waals surface area contributed by atoms with Gasteiger partial charge in [0.05, 0.1) is 0 Å². The van der Waals surface area contributed by atoms with Crippen LogP contribution in [0.4, 0.5) is 5.69 Å². The Morgan fingerprint density at radius 2 is 1.67 bits per heavy atom. The first-order valence-electron chi connectivity index (χ1n) is 9.15. The number of carbonyl (C=O) groups excluding carboxylic acids is 1. The summed E-state index contributed by atoms with van der Waals surface area (Å²) in [6, 6.07) is 18.9. The van der Waals surface area contributed by atoms with E-state index in [1.54, 1.807) is 12.1 Å². The van der Waals surface area contributed by atoms with Crippen LogP contribution in [-0.2, 0) is 0 Å². The fourth-order valence-corrected chi connectivity index (χ4v) is 3.63. The van der Waals surface area contributed by atoms with Gasteiger partial charge in [-0.3, -0.25) is 4.79 Å². The van der Waals surface area contributed by atoms with Crippen molar-refractivity contribution in [1.29, 1.82) is 0 Å². The van der Waals surface area contributed by atoms with Crippen LogP contribution in [-0.4, -0.2) is 21.0 Å². The molecule has 4 nitrogen and oxygen atoms in total. The third kappa shape index (κ3) is 5.55. The normalized spacial score (nSPS) is 12.3. The Morgan fingerprint density at radius 1 is 0.967 bits per heavy atom. The minimum Gasteiger partial charge on any atom is -0.339 e. The highest BCUT2D eigenvalue weighted by atomic mass is 35.6. The number of carbonyl (C=O) groups is 1. The Bertz CT molecular complexity index is 1090. The predicted octanol–water partition coefficient (Wildman–Crippen LogP) is 5.87. The summed E-state index contributed by atoms with van der Waals surface area (Å²) in [4.78, 5) is 13.0. The summed E-state index contributed by atoms with van der Waals surface area (Å²) in [5.41, 5.74) is 3.45. The van der Waals surface area contributed by atoms with Crippen molar-refractivity contribution in [2.45, 2.75) is 23.8 Å². The number of hydrogen-bond acceptors (Lipinski definition) is 2. The summed E-state index contributed by atoms with van der Waals surface area (Å²) >= 11 is 23.7. The van der Waals surface area contributed by atoms with Gasteiger partial charge in [0.1, 0.15) is 6.17 Å². The molecule has 0 aromatic heterocycles. The second-order valence-electron chi connectivity index (χ2n) is 6.89. The van der Waals surface area contributed by atoms with Crippen LogP contribution in [0, 0.1) is 13.8 Å². The molecule has 0 saturated carbocycles. The van der Waals surface area contributed by atoms with Gasteiger partial charge in [-0.2, -0.15) is 0 Å². The van der Waals surface area contributed by atoms with Crippen LogP contribution < -0.4 is 16.0 Å². The average molecular weight is 481 g/mol. The Hall–Kier alpha value is -2.05. The van der Waals surface area contributed by atoms with Gasteiger partial charge >= 0.3 is 0 Å². The first-order chi connectivity index (χ1) is 14.1. The van der Waals surface area contributed by atoms with E-state index in [0.717, 1.165) is 27.6 Å². The molecule has 3 N–H and O–H groups in total. The van der Waals surface area contributed by atoms with E-state index in [-0.39, 0.29) is 11.0 Å². The third-order valence-electron chi connectivity index (χ3n) is 4.54. The minimum absolute atomic E-state index is 0.219. The molecule has 30 heavy (non-hydrogen) atoms. The molecule has 156 valence electrons. The Morgan fingerprint density at radius 3 is 2.37 bits per heavy atom. The van der Waals surface area contributed by atoms with Crippen molar-refractivity contribution >= 4 is 74.5 Å². The van der Waals surface area contributed by atoms with Crippen molar-refractivity contribution in [1.82, 2.24) is 10.6 Å². The lowest BCUT2D eigenvalue weighted by Crippen LogP contribution is -2.56. The molecular weight excluding hydrogens is 461 g/mol. The number of alkyl halides is 3. The molecule has 0 aliphatic heterocycles. The van der Waals surface area contributed by atoms with E-state index >= 15 is 0 Å².